The Morgan fingerprint density at radius 1 is 0.920 bits per heavy atom. The fourth-order valence-electron chi connectivity index (χ4n) is 3.75. The first-order valence-corrected chi connectivity index (χ1v) is 9.52. The fraction of sp³-hybridized carbons (Fsp3) is 0.591. The standard InChI is InChI=1S/C22H32N2O/c1-21(2,3)16-12-15(13-17(20(16)25)22(4,5)6)18-14-23-19-10-8-7-9-11-24(18)19/h12-14,25H,7-11H2,1-6H3. The summed E-state index contributed by atoms with van der Waals surface area (Å²) >= 11 is 0. The zero-order valence-corrected chi connectivity index (χ0v) is 16.6. The molecule has 2 aromatic rings. The molecule has 0 radical (unpaired) electrons. The van der Waals surface area contributed by atoms with E-state index in [0.717, 1.165) is 24.1 Å². The van der Waals surface area contributed by atoms with E-state index in [1.165, 1.54) is 36.3 Å². The molecule has 0 atom stereocenters. The van der Waals surface area contributed by atoms with Gasteiger partial charge in [-0.1, -0.05) is 48.0 Å². The second-order valence-corrected chi connectivity index (χ2v) is 9.44. The van der Waals surface area contributed by atoms with Crippen molar-refractivity contribution in [3.05, 3.63) is 35.3 Å². The van der Waals surface area contributed by atoms with Crippen LogP contribution in [-0.2, 0) is 23.8 Å². The third-order valence-electron chi connectivity index (χ3n) is 5.24. The molecule has 3 rings (SSSR count). The number of imidazole rings is 1. The van der Waals surface area contributed by atoms with E-state index < -0.39 is 0 Å². The number of aryl methyl sites for hydroxylation is 1. The second-order valence-electron chi connectivity index (χ2n) is 9.44. The molecule has 136 valence electrons. The maximum atomic E-state index is 10.9. The van der Waals surface area contributed by atoms with Crippen LogP contribution >= 0.6 is 0 Å². The van der Waals surface area contributed by atoms with Crippen LogP contribution < -0.4 is 0 Å². The largest absolute Gasteiger partial charge is 0.507 e. The number of phenolic OH excluding ortho intramolecular Hbond substituents is 1. The van der Waals surface area contributed by atoms with Crippen molar-refractivity contribution in [3.63, 3.8) is 0 Å². The molecule has 25 heavy (non-hydrogen) atoms. The van der Waals surface area contributed by atoms with Gasteiger partial charge in [0.15, 0.2) is 0 Å². The molecule has 0 unspecified atom stereocenters. The zero-order chi connectivity index (χ0) is 18.4. The summed E-state index contributed by atoms with van der Waals surface area (Å²) in [6, 6.07) is 4.33. The van der Waals surface area contributed by atoms with Gasteiger partial charge in [-0.25, -0.2) is 4.98 Å². The normalized spacial score (nSPS) is 15.8. The summed E-state index contributed by atoms with van der Waals surface area (Å²) in [6.07, 6.45) is 6.81. The van der Waals surface area contributed by atoms with E-state index in [1.807, 2.05) is 6.20 Å². The molecule has 0 saturated carbocycles. The molecule has 0 amide bonds. The molecule has 1 aliphatic heterocycles. The lowest BCUT2D eigenvalue weighted by atomic mass is 9.78. The Morgan fingerprint density at radius 3 is 2.08 bits per heavy atom. The smallest absolute Gasteiger partial charge is 0.123 e. The SMILES string of the molecule is CC(C)(C)c1cc(-c2cnc3n2CCCCC3)cc(C(C)(C)C)c1O. The molecule has 0 fully saturated rings. The molecule has 0 bridgehead atoms. The van der Waals surface area contributed by atoms with Crippen molar-refractivity contribution in [1.29, 1.82) is 0 Å². The summed E-state index contributed by atoms with van der Waals surface area (Å²) in [5.41, 5.74) is 4.17. The first-order valence-electron chi connectivity index (χ1n) is 9.52. The Balaban J connectivity index is 2.22. The van der Waals surface area contributed by atoms with Crippen LogP contribution in [0.1, 0.15) is 77.8 Å². The van der Waals surface area contributed by atoms with E-state index in [4.69, 9.17) is 4.98 Å². The Labute approximate surface area is 152 Å². The average Bonchev–Trinajstić information content (AvgIpc) is 2.74. The maximum absolute atomic E-state index is 10.9. The first-order chi connectivity index (χ1) is 11.6. The number of phenols is 1. The van der Waals surface area contributed by atoms with Crippen molar-refractivity contribution < 1.29 is 5.11 Å². The van der Waals surface area contributed by atoms with Gasteiger partial charge in [0.1, 0.15) is 11.6 Å². The third-order valence-corrected chi connectivity index (χ3v) is 5.24. The van der Waals surface area contributed by atoms with Gasteiger partial charge in [-0.05, 0) is 35.8 Å². The van der Waals surface area contributed by atoms with Gasteiger partial charge < -0.3 is 9.67 Å². The minimum absolute atomic E-state index is 0.109. The fourth-order valence-corrected chi connectivity index (χ4v) is 3.75. The van der Waals surface area contributed by atoms with Crippen LogP contribution in [0.15, 0.2) is 18.3 Å². The monoisotopic (exact) mass is 340 g/mol. The Kier molecular flexibility index (Phi) is 4.47. The highest BCUT2D eigenvalue weighted by molar-refractivity contribution is 5.66. The molecular formula is C22H32N2O. The Morgan fingerprint density at radius 2 is 1.52 bits per heavy atom. The Bertz CT molecular complexity index is 737. The predicted molar refractivity (Wildman–Crippen MR) is 104 cm³/mol. The third kappa shape index (κ3) is 3.47. The quantitative estimate of drug-likeness (QED) is 0.736. The van der Waals surface area contributed by atoms with Crippen LogP contribution in [0, 0.1) is 0 Å². The molecule has 1 aromatic carbocycles. The minimum atomic E-state index is -0.109. The summed E-state index contributed by atoms with van der Waals surface area (Å²) in [5, 5.41) is 10.9. The van der Waals surface area contributed by atoms with Crippen molar-refractivity contribution in [2.45, 2.75) is 84.6 Å². The van der Waals surface area contributed by atoms with Crippen LogP contribution in [0.2, 0.25) is 0 Å². The summed E-state index contributed by atoms with van der Waals surface area (Å²) < 4.78 is 2.39. The highest BCUT2D eigenvalue weighted by Crippen LogP contribution is 2.42. The first kappa shape index (κ1) is 18.0. The molecule has 1 N–H and O–H groups in total. The van der Waals surface area contributed by atoms with Crippen molar-refractivity contribution in [1.82, 2.24) is 9.55 Å². The molecule has 0 spiro atoms. The van der Waals surface area contributed by atoms with Crippen LogP contribution in [0.5, 0.6) is 5.75 Å². The lowest BCUT2D eigenvalue weighted by Gasteiger charge is -2.28. The van der Waals surface area contributed by atoms with Crippen molar-refractivity contribution >= 4 is 0 Å². The van der Waals surface area contributed by atoms with E-state index in [-0.39, 0.29) is 10.8 Å². The maximum Gasteiger partial charge on any atom is 0.123 e. The van der Waals surface area contributed by atoms with Gasteiger partial charge in [-0.2, -0.15) is 0 Å². The number of nitrogens with zero attached hydrogens (tertiary/aromatic N) is 2. The summed E-state index contributed by atoms with van der Waals surface area (Å²) in [6.45, 7) is 14.0. The number of aromatic nitrogens is 2. The van der Waals surface area contributed by atoms with Crippen molar-refractivity contribution in [2.75, 3.05) is 0 Å². The van der Waals surface area contributed by atoms with E-state index in [0.29, 0.717) is 5.75 Å². The van der Waals surface area contributed by atoms with E-state index >= 15 is 0 Å². The number of benzene rings is 1. The number of hydrogen-bond acceptors (Lipinski definition) is 2. The highest BCUT2D eigenvalue weighted by atomic mass is 16.3. The van der Waals surface area contributed by atoms with Gasteiger partial charge in [0.2, 0.25) is 0 Å². The summed E-state index contributed by atoms with van der Waals surface area (Å²) in [7, 11) is 0. The molecule has 0 aliphatic carbocycles. The number of rotatable bonds is 1. The predicted octanol–water partition coefficient (Wildman–Crippen LogP) is 5.58. The van der Waals surface area contributed by atoms with E-state index in [9.17, 15) is 5.11 Å². The molecule has 2 heterocycles. The van der Waals surface area contributed by atoms with Crippen molar-refractivity contribution in [3.8, 4) is 17.0 Å². The Hall–Kier alpha value is -1.77. The topological polar surface area (TPSA) is 38.0 Å². The minimum Gasteiger partial charge on any atom is -0.507 e. The van der Waals surface area contributed by atoms with Crippen LogP contribution in [0.25, 0.3) is 11.3 Å². The molecular weight excluding hydrogens is 308 g/mol. The zero-order valence-electron chi connectivity index (χ0n) is 16.6. The van der Waals surface area contributed by atoms with Gasteiger partial charge in [0.05, 0.1) is 11.9 Å². The van der Waals surface area contributed by atoms with Gasteiger partial charge in [0.25, 0.3) is 0 Å². The number of hydrogen-bond donors (Lipinski definition) is 1. The van der Waals surface area contributed by atoms with Crippen LogP contribution in [-0.4, -0.2) is 14.7 Å². The van der Waals surface area contributed by atoms with Gasteiger partial charge >= 0.3 is 0 Å². The van der Waals surface area contributed by atoms with Gasteiger partial charge in [-0.3, -0.25) is 0 Å². The molecule has 3 nitrogen and oxygen atoms in total. The van der Waals surface area contributed by atoms with Gasteiger partial charge in [-0.15, -0.1) is 0 Å². The molecule has 1 aromatic heterocycles. The number of fused-ring (bicyclic) bond motifs is 1. The van der Waals surface area contributed by atoms with Crippen LogP contribution in [0.4, 0.5) is 0 Å². The average molecular weight is 341 g/mol. The number of aromatic hydroxyl groups is 1. The second kappa shape index (κ2) is 6.19. The summed E-state index contributed by atoms with van der Waals surface area (Å²) in [5.74, 6) is 1.65. The summed E-state index contributed by atoms with van der Waals surface area (Å²) in [4.78, 5) is 4.70. The lowest BCUT2D eigenvalue weighted by Crippen LogP contribution is -2.17. The van der Waals surface area contributed by atoms with E-state index in [2.05, 4.69) is 58.2 Å². The van der Waals surface area contributed by atoms with E-state index in [1.54, 1.807) is 0 Å². The highest BCUT2D eigenvalue weighted by Gasteiger charge is 2.27. The lowest BCUT2D eigenvalue weighted by molar-refractivity contribution is 0.423. The molecule has 1 aliphatic rings. The van der Waals surface area contributed by atoms with Crippen LogP contribution in [0.3, 0.4) is 0 Å². The molecule has 0 saturated heterocycles. The van der Waals surface area contributed by atoms with Crippen molar-refractivity contribution in [2.24, 2.45) is 0 Å². The van der Waals surface area contributed by atoms with Gasteiger partial charge in [0, 0.05) is 29.7 Å². The molecule has 3 heteroatoms.